The quantitative estimate of drug-likeness (QED) is 0.920. The summed E-state index contributed by atoms with van der Waals surface area (Å²) in [5, 5.41) is 2.75. The molecule has 112 valence electrons. The molecule has 0 radical (unpaired) electrons. The number of hydrogen-bond acceptors (Lipinski definition) is 2. The van der Waals surface area contributed by atoms with Crippen LogP contribution in [0.4, 0.5) is 8.78 Å². The number of nitrogens with zero attached hydrogens (tertiary/aromatic N) is 2. The summed E-state index contributed by atoms with van der Waals surface area (Å²) in [4.78, 5) is 15.9. The molecule has 0 aliphatic rings. The highest BCUT2D eigenvalue weighted by Crippen LogP contribution is 2.14. The first-order chi connectivity index (χ1) is 9.99. The Hall–Kier alpha value is -2.24. The number of carbonyl (C=O) groups is 1. The monoisotopic (exact) mass is 293 g/mol. The van der Waals surface area contributed by atoms with Crippen LogP contribution in [0.3, 0.4) is 0 Å². The van der Waals surface area contributed by atoms with Crippen molar-refractivity contribution >= 4 is 5.91 Å². The molecule has 0 unspecified atom stereocenters. The number of carbonyl (C=O) groups excluding carboxylic acids is 1. The zero-order valence-corrected chi connectivity index (χ0v) is 11.9. The fourth-order valence-corrected chi connectivity index (χ4v) is 2.08. The minimum Gasteiger partial charge on any atom is -0.352 e. The van der Waals surface area contributed by atoms with Crippen LogP contribution in [0, 0.1) is 11.6 Å². The van der Waals surface area contributed by atoms with Crippen LogP contribution in [0.2, 0.25) is 0 Å². The summed E-state index contributed by atoms with van der Waals surface area (Å²) in [6.07, 6.45) is 4.92. The molecular weight excluding hydrogens is 276 g/mol. The van der Waals surface area contributed by atoms with Crippen molar-refractivity contribution < 1.29 is 13.6 Å². The summed E-state index contributed by atoms with van der Waals surface area (Å²) in [6.45, 7) is 3.44. The lowest BCUT2D eigenvalue weighted by molar-refractivity contribution is -0.124. The van der Waals surface area contributed by atoms with Crippen LogP contribution in [0.5, 0.6) is 0 Å². The molecule has 0 spiro atoms. The van der Waals surface area contributed by atoms with Gasteiger partial charge in [0.25, 0.3) is 0 Å². The lowest BCUT2D eigenvalue weighted by atomic mass is 10.1. The van der Waals surface area contributed by atoms with Gasteiger partial charge >= 0.3 is 0 Å². The maximum absolute atomic E-state index is 13.6. The first-order valence-electron chi connectivity index (χ1n) is 6.69. The molecule has 0 aliphatic heterocycles. The maximum atomic E-state index is 13.6. The number of aromatic nitrogens is 2. The molecular formula is C15H17F2N3O. The highest BCUT2D eigenvalue weighted by molar-refractivity contribution is 5.80. The van der Waals surface area contributed by atoms with Gasteiger partial charge in [-0.25, -0.2) is 13.8 Å². The molecule has 1 aromatic carbocycles. The number of rotatable bonds is 5. The van der Waals surface area contributed by atoms with Gasteiger partial charge in [-0.1, -0.05) is 6.07 Å². The second-order valence-corrected chi connectivity index (χ2v) is 5.00. The summed E-state index contributed by atoms with van der Waals surface area (Å²) in [7, 11) is 0. The van der Waals surface area contributed by atoms with E-state index in [1.807, 2.05) is 0 Å². The fraction of sp³-hybridized carbons (Fsp3) is 0.333. The largest absolute Gasteiger partial charge is 0.352 e. The van der Waals surface area contributed by atoms with Crippen LogP contribution < -0.4 is 5.32 Å². The molecule has 1 N–H and O–H groups in total. The third-order valence-corrected chi connectivity index (χ3v) is 3.31. The van der Waals surface area contributed by atoms with E-state index in [9.17, 15) is 13.6 Å². The third kappa shape index (κ3) is 3.65. The Bertz CT molecular complexity index is 593. The average Bonchev–Trinajstić information content (AvgIpc) is 2.96. The van der Waals surface area contributed by atoms with E-state index >= 15 is 0 Å². The van der Waals surface area contributed by atoms with Gasteiger partial charge in [0.05, 0.1) is 6.33 Å². The smallest absolute Gasteiger partial charge is 0.243 e. The standard InChI is InChI=1S/C15H17F2N3O/c1-10(8-12-13(16)4-3-5-14(12)17)19-15(21)11(2)20-7-6-18-9-20/h3-7,9-11H,8H2,1-2H3,(H,19,21)/t10-,11+/m1/s1. The zero-order chi connectivity index (χ0) is 15.4. The van der Waals surface area contributed by atoms with Gasteiger partial charge < -0.3 is 9.88 Å². The third-order valence-electron chi connectivity index (χ3n) is 3.31. The van der Waals surface area contributed by atoms with Crippen LogP contribution in [-0.4, -0.2) is 21.5 Å². The number of halogens is 2. The van der Waals surface area contributed by atoms with Gasteiger partial charge in [0.15, 0.2) is 0 Å². The summed E-state index contributed by atoms with van der Waals surface area (Å²) >= 11 is 0. The van der Waals surface area contributed by atoms with E-state index in [0.29, 0.717) is 0 Å². The molecule has 0 aliphatic carbocycles. The van der Waals surface area contributed by atoms with Crippen LogP contribution in [0.1, 0.15) is 25.5 Å². The highest BCUT2D eigenvalue weighted by atomic mass is 19.1. The van der Waals surface area contributed by atoms with E-state index in [-0.39, 0.29) is 23.9 Å². The van der Waals surface area contributed by atoms with E-state index in [0.717, 1.165) is 0 Å². The second kappa shape index (κ2) is 6.47. The average molecular weight is 293 g/mol. The van der Waals surface area contributed by atoms with E-state index in [1.54, 1.807) is 37.1 Å². The maximum Gasteiger partial charge on any atom is 0.243 e. The minimum absolute atomic E-state index is 0.0133. The van der Waals surface area contributed by atoms with Gasteiger partial charge in [0.1, 0.15) is 17.7 Å². The summed E-state index contributed by atoms with van der Waals surface area (Å²) < 4.78 is 28.8. The van der Waals surface area contributed by atoms with Crippen molar-refractivity contribution in [2.75, 3.05) is 0 Å². The van der Waals surface area contributed by atoms with Gasteiger partial charge in [0.2, 0.25) is 5.91 Å². The molecule has 0 saturated heterocycles. The predicted molar refractivity (Wildman–Crippen MR) is 74.6 cm³/mol. The number of nitrogens with one attached hydrogen (secondary N) is 1. The molecule has 4 nitrogen and oxygen atoms in total. The number of benzene rings is 1. The van der Waals surface area contributed by atoms with E-state index in [4.69, 9.17) is 0 Å². The Kier molecular flexibility index (Phi) is 4.67. The van der Waals surface area contributed by atoms with Crippen LogP contribution in [-0.2, 0) is 11.2 Å². The SMILES string of the molecule is C[C@H](Cc1c(F)cccc1F)NC(=O)[C@H](C)n1ccnc1. The van der Waals surface area contributed by atoms with E-state index in [2.05, 4.69) is 10.3 Å². The number of imidazole rings is 1. The summed E-state index contributed by atoms with van der Waals surface area (Å²) in [5.41, 5.74) is -0.0133. The molecule has 0 fully saturated rings. The molecule has 0 bridgehead atoms. The molecule has 0 saturated carbocycles. The van der Waals surface area contributed by atoms with Crippen molar-refractivity contribution in [2.24, 2.45) is 0 Å². The first kappa shape index (κ1) is 15.2. The molecule has 1 aromatic heterocycles. The minimum atomic E-state index is -0.598. The van der Waals surface area contributed by atoms with Crippen molar-refractivity contribution in [3.05, 3.63) is 54.1 Å². The van der Waals surface area contributed by atoms with E-state index in [1.165, 1.54) is 18.2 Å². The molecule has 1 heterocycles. The summed E-state index contributed by atoms with van der Waals surface area (Å²) in [5.74, 6) is -1.42. The lowest BCUT2D eigenvalue weighted by Gasteiger charge is -2.18. The van der Waals surface area contributed by atoms with Crippen LogP contribution >= 0.6 is 0 Å². The zero-order valence-electron chi connectivity index (χ0n) is 11.9. The Morgan fingerprint density at radius 1 is 1.33 bits per heavy atom. The normalized spacial score (nSPS) is 13.7. The number of amides is 1. The molecule has 21 heavy (non-hydrogen) atoms. The molecule has 2 rings (SSSR count). The van der Waals surface area contributed by atoms with Crippen molar-refractivity contribution in [1.29, 1.82) is 0 Å². The van der Waals surface area contributed by atoms with Gasteiger partial charge in [0, 0.05) is 24.0 Å². The molecule has 6 heteroatoms. The van der Waals surface area contributed by atoms with Crippen molar-refractivity contribution in [3.63, 3.8) is 0 Å². The Labute approximate surface area is 121 Å². The second-order valence-electron chi connectivity index (χ2n) is 5.00. The highest BCUT2D eigenvalue weighted by Gasteiger charge is 2.18. The molecule has 1 amide bonds. The molecule has 2 aromatic rings. The number of hydrogen-bond donors (Lipinski definition) is 1. The van der Waals surface area contributed by atoms with Crippen LogP contribution in [0.25, 0.3) is 0 Å². The Morgan fingerprint density at radius 3 is 2.57 bits per heavy atom. The van der Waals surface area contributed by atoms with Gasteiger partial charge in [-0.2, -0.15) is 0 Å². The van der Waals surface area contributed by atoms with Gasteiger partial charge in [-0.05, 0) is 32.4 Å². The first-order valence-corrected chi connectivity index (χ1v) is 6.69. The Morgan fingerprint density at radius 2 is 2.00 bits per heavy atom. The lowest BCUT2D eigenvalue weighted by Crippen LogP contribution is -2.38. The van der Waals surface area contributed by atoms with Gasteiger partial charge in [-0.3, -0.25) is 4.79 Å². The van der Waals surface area contributed by atoms with E-state index < -0.39 is 17.7 Å². The Balaban J connectivity index is 1.98. The van der Waals surface area contributed by atoms with Crippen molar-refractivity contribution in [2.45, 2.75) is 32.4 Å². The molecule has 2 atom stereocenters. The fourth-order valence-electron chi connectivity index (χ4n) is 2.08. The van der Waals surface area contributed by atoms with Crippen molar-refractivity contribution in [3.8, 4) is 0 Å². The van der Waals surface area contributed by atoms with Gasteiger partial charge in [-0.15, -0.1) is 0 Å². The predicted octanol–water partition coefficient (Wildman–Crippen LogP) is 2.47. The topological polar surface area (TPSA) is 46.9 Å². The van der Waals surface area contributed by atoms with Crippen LogP contribution in [0.15, 0.2) is 36.9 Å². The summed E-state index contributed by atoms with van der Waals surface area (Å²) in [6, 6.07) is 2.93. The van der Waals surface area contributed by atoms with Crippen molar-refractivity contribution in [1.82, 2.24) is 14.9 Å².